The lowest BCUT2D eigenvalue weighted by Crippen LogP contribution is -2.14. The van der Waals surface area contributed by atoms with E-state index in [2.05, 4.69) is 147 Å². The summed E-state index contributed by atoms with van der Waals surface area (Å²) in [6, 6.07) is 44.2. The van der Waals surface area contributed by atoms with E-state index in [0.717, 1.165) is 0 Å². The largest absolute Gasteiger partial charge is 0.308 e. The minimum absolute atomic E-state index is 0.0426. The number of hydrogen-bond donors (Lipinski definition) is 0. The van der Waals surface area contributed by atoms with E-state index < -0.39 is 0 Å². The van der Waals surface area contributed by atoms with Crippen LogP contribution in [-0.4, -0.2) is 4.40 Å². The molecule has 1 heteroatoms. The van der Waals surface area contributed by atoms with E-state index in [9.17, 15) is 0 Å². The van der Waals surface area contributed by atoms with Crippen molar-refractivity contribution in [3.05, 3.63) is 138 Å². The van der Waals surface area contributed by atoms with Crippen LogP contribution in [0.3, 0.4) is 0 Å². The second-order valence-corrected chi connectivity index (χ2v) is 14.5. The topological polar surface area (TPSA) is 4.41 Å². The van der Waals surface area contributed by atoms with E-state index in [4.69, 9.17) is 0 Å². The highest BCUT2D eigenvalue weighted by Gasteiger charge is 2.38. The number of nitrogens with zero attached hydrogens (tertiary/aromatic N) is 1. The van der Waals surface area contributed by atoms with Crippen LogP contribution in [0, 0.1) is 0 Å². The summed E-state index contributed by atoms with van der Waals surface area (Å²) < 4.78 is 2.60. The predicted octanol–water partition coefficient (Wildman–Crippen LogP) is 11.8. The summed E-state index contributed by atoms with van der Waals surface area (Å²) in [5, 5.41) is 10.8. The molecule has 2 aliphatic rings. The summed E-state index contributed by atoms with van der Waals surface area (Å²) in [6.07, 6.45) is 0. The van der Waals surface area contributed by atoms with Crippen molar-refractivity contribution in [3.63, 3.8) is 0 Å². The Morgan fingerprint density at radius 3 is 1.67 bits per heavy atom. The highest BCUT2D eigenvalue weighted by molar-refractivity contribution is 6.34. The van der Waals surface area contributed by atoms with E-state index >= 15 is 0 Å². The maximum Gasteiger partial charge on any atom is 0.0626 e. The quantitative estimate of drug-likeness (QED) is 0.159. The first-order valence-corrected chi connectivity index (χ1v) is 16.2. The summed E-state index contributed by atoms with van der Waals surface area (Å²) in [5.41, 5.74) is 15.1. The zero-order valence-corrected chi connectivity index (χ0v) is 25.9. The molecule has 0 amide bonds. The van der Waals surface area contributed by atoms with E-state index in [-0.39, 0.29) is 10.8 Å². The molecule has 45 heavy (non-hydrogen) atoms. The molecule has 7 aromatic carbocycles. The minimum atomic E-state index is -0.0488. The lowest BCUT2D eigenvalue weighted by molar-refractivity contribution is 0.661. The normalized spacial score (nSPS) is 15.9. The number of hydrogen-bond acceptors (Lipinski definition) is 0. The third-order valence-electron chi connectivity index (χ3n) is 11.7. The Bertz CT molecular complexity index is 2800. The molecular weight excluding hydrogens is 542 g/mol. The highest BCUT2D eigenvalue weighted by Crippen LogP contribution is 2.55. The number of rotatable bonds is 0. The minimum Gasteiger partial charge on any atom is -0.308 e. The average Bonchev–Trinajstić information content (AvgIpc) is 3.71. The fourth-order valence-electron chi connectivity index (χ4n) is 9.48. The van der Waals surface area contributed by atoms with Crippen LogP contribution < -0.4 is 0 Å². The number of aromatic nitrogens is 1. The van der Waals surface area contributed by atoms with Gasteiger partial charge >= 0.3 is 0 Å². The van der Waals surface area contributed by atoms with Gasteiger partial charge in [0.05, 0.1) is 16.6 Å². The third-order valence-corrected chi connectivity index (χ3v) is 11.7. The molecule has 0 bridgehead atoms. The monoisotopic (exact) mass is 573 g/mol. The van der Waals surface area contributed by atoms with Crippen LogP contribution in [0.15, 0.2) is 115 Å². The average molecular weight is 574 g/mol. The third kappa shape index (κ3) is 2.66. The molecule has 0 saturated heterocycles. The Kier molecular flexibility index (Phi) is 4.07. The van der Waals surface area contributed by atoms with Crippen molar-refractivity contribution in [3.8, 4) is 22.3 Å². The van der Waals surface area contributed by atoms with Crippen molar-refractivity contribution in [1.29, 1.82) is 0 Å². The molecule has 2 aromatic heterocycles. The van der Waals surface area contributed by atoms with Gasteiger partial charge in [-0.3, -0.25) is 0 Å². The molecule has 0 N–H and O–H groups in total. The van der Waals surface area contributed by atoms with Gasteiger partial charge in [-0.2, -0.15) is 0 Å². The Morgan fingerprint density at radius 1 is 0.400 bits per heavy atom. The van der Waals surface area contributed by atoms with Crippen molar-refractivity contribution in [2.24, 2.45) is 0 Å². The highest BCUT2D eigenvalue weighted by atomic mass is 14.9. The van der Waals surface area contributed by atoms with Gasteiger partial charge in [0.1, 0.15) is 0 Å². The van der Waals surface area contributed by atoms with Crippen LogP contribution >= 0.6 is 0 Å². The molecule has 11 rings (SSSR count). The molecule has 0 saturated carbocycles. The number of fused-ring (bicyclic) bond motifs is 16. The maximum atomic E-state index is 2.60. The summed E-state index contributed by atoms with van der Waals surface area (Å²) in [5.74, 6) is 0. The van der Waals surface area contributed by atoms with Gasteiger partial charge in [-0.05, 0) is 96.4 Å². The molecule has 0 fully saturated rings. The van der Waals surface area contributed by atoms with Crippen LogP contribution in [-0.2, 0) is 10.8 Å². The number of benzene rings is 7. The van der Waals surface area contributed by atoms with Crippen molar-refractivity contribution >= 4 is 59.6 Å². The lowest BCUT2D eigenvalue weighted by atomic mass is 9.81. The Balaban J connectivity index is 1.40. The molecule has 0 spiro atoms. The Morgan fingerprint density at radius 2 is 0.978 bits per heavy atom. The van der Waals surface area contributed by atoms with Gasteiger partial charge in [0, 0.05) is 32.4 Å². The SMILES string of the molecule is CC1(C)c2ccccc2-c2cc3c(cc21)c1cc2c4ccccc4ccc2c2c4cc5c(cc4n3c12)-c1ccccc1C5(C)C. The van der Waals surface area contributed by atoms with Gasteiger partial charge in [0.2, 0.25) is 0 Å². The van der Waals surface area contributed by atoms with Gasteiger partial charge in [-0.25, -0.2) is 0 Å². The first-order chi connectivity index (χ1) is 21.8. The van der Waals surface area contributed by atoms with Gasteiger partial charge in [0.25, 0.3) is 0 Å². The second kappa shape index (κ2) is 7.56. The molecule has 0 aliphatic heterocycles. The summed E-state index contributed by atoms with van der Waals surface area (Å²) >= 11 is 0. The van der Waals surface area contributed by atoms with Crippen LogP contribution in [0.4, 0.5) is 0 Å². The molecule has 9 aromatic rings. The van der Waals surface area contributed by atoms with Crippen molar-refractivity contribution in [2.75, 3.05) is 0 Å². The van der Waals surface area contributed by atoms with Gasteiger partial charge < -0.3 is 4.40 Å². The first-order valence-electron chi connectivity index (χ1n) is 16.2. The van der Waals surface area contributed by atoms with Crippen molar-refractivity contribution in [1.82, 2.24) is 4.40 Å². The molecule has 212 valence electrons. The zero-order chi connectivity index (χ0) is 30.0. The molecule has 0 unspecified atom stereocenters. The fraction of sp³-hybridized carbons (Fsp3) is 0.136. The van der Waals surface area contributed by atoms with Gasteiger partial charge in [0.15, 0.2) is 0 Å². The van der Waals surface area contributed by atoms with Crippen molar-refractivity contribution < 1.29 is 0 Å². The maximum absolute atomic E-state index is 2.60. The van der Waals surface area contributed by atoms with Crippen LogP contribution in [0.5, 0.6) is 0 Å². The summed E-state index contributed by atoms with van der Waals surface area (Å²) in [7, 11) is 0. The van der Waals surface area contributed by atoms with Gasteiger partial charge in [-0.15, -0.1) is 0 Å². The van der Waals surface area contributed by atoms with Crippen LogP contribution in [0.1, 0.15) is 49.9 Å². The lowest BCUT2D eigenvalue weighted by Gasteiger charge is -2.21. The van der Waals surface area contributed by atoms with Crippen LogP contribution in [0.2, 0.25) is 0 Å². The smallest absolute Gasteiger partial charge is 0.0626 e. The predicted molar refractivity (Wildman–Crippen MR) is 191 cm³/mol. The molecule has 2 aliphatic carbocycles. The van der Waals surface area contributed by atoms with E-state index in [1.165, 1.54) is 104 Å². The Hall–Kier alpha value is -5.14. The van der Waals surface area contributed by atoms with Crippen molar-refractivity contribution in [2.45, 2.75) is 38.5 Å². The molecule has 2 heterocycles. The molecule has 0 atom stereocenters. The Labute approximate surface area is 261 Å². The zero-order valence-electron chi connectivity index (χ0n) is 25.9. The summed E-state index contributed by atoms with van der Waals surface area (Å²) in [6.45, 7) is 9.56. The molecule has 1 nitrogen and oxygen atoms in total. The molecule has 0 radical (unpaired) electrons. The van der Waals surface area contributed by atoms with E-state index in [1.54, 1.807) is 0 Å². The van der Waals surface area contributed by atoms with Gasteiger partial charge in [-0.1, -0.05) is 113 Å². The fourth-order valence-corrected chi connectivity index (χ4v) is 9.48. The first kappa shape index (κ1) is 24.2. The van der Waals surface area contributed by atoms with Crippen LogP contribution in [0.25, 0.3) is 81.9 Å². The second-order valence-electron chi connectivity index (χ2n) is 14.5. The van der Waals surface area contributed by atoms with E-state index in [0.29, 0.717) is 0 Å². The van der Waals surface area contributed by atoms with E-state index in [1.807, 2.05) is 0 Å². The standard InChI is InChI=1S/C44H31N/c1-43(2)35-15-9-7-13-26(35)30-22-39-32(20-37(30)43)33-19-29-25-12-6-5-11-24(25)17-18-28(29)41-34-21-38-31(23-40(34)45(39)42(33)41)27-14-8-10-16-36(27)44(38,3)4/h5-23H,1-4H3. The summed E-state index contributed by atoms with van der Waals surface area (Å²) in [4.78, 5) is 0. The molecular formula is C44H31N.